The highest BCUT2D eigenvalue weighted by Crippen LogP contribution is 2.21. The van der Waals surface area contributed by atoms with Gasteiger partial charge in [-0.25, -0.2) is 4.79 Å². The van der Waals surface area contributed by atoms with Crippen LogP contribution in [0.1, 0.15) is 31.1 Å². The highest BCUT2D eigenvalue weighted by Gasteiger charge is 2.28. The van der Waals surface area contributed by atoms with E-state index < -0.39 is 5.60 Å². The van der Waals surface area contributed by atoms with Gasteiger partial charge in [-0.15, -0.1) is 0 Å². The summed E-state index contributed by atoms with van der Waals surface area (Å²) in [5.41, 5.74) is 2.26. The van der Waals surface area contributed by atoms with E-state index in [4.69, 9.17) is 4.74 Å². The Kier molecular flexibility index (Phi) is 5.49. The van der Waals surface area contributed by atoms with Crippen molar-refractivity contribution in [3.05, 3.63) is 60.2 Å². The second-order valence-electron chi connectivity index (χ2n) is 7.71. The van der Waals surface area contributed by atoms with Crippen LogP contribution in [-0.4, -0.2) is 53.6 Å². The summed E-state index contributed by atoms with van der Waals surface area (Å²) < 4.78 is 5.41. The molecule has 0 saturated carbocycles. The highest BCUT2D eigenvalue weighted by atomic mass is 16.6. The Bertz CT molecular complexity index is 804. The first-order chi connectivity index (χ1) is 12.8. The van der Waals surface area contributed by atoms with Crippen LogP contribution in [0.25, 0.3) is 11.1 Å². The Balaban J connectivity index is 1.64. The molecular formula is C22H26N2O3. The molecule has 0 atom stereocenters. The second kappa shape index (κ2) is 7.82. The molecule has 2 aromatic rings. The standard InChI is InChI=1S/C22H26N2O3/c1-22(2,3)27-21(26)24-14-12-23(13-15-24)20(25)19-11-7-10-18(16-19)17-8-5-4-6-9-17/h4-11,16H,12-15H2,1-3H3. The maximum atomic E-state index is 12.9. The molecule has 3 rings (SSSR count). The van der Waals surface area contributed by atoms with Crippen LogP contribution < -0.4 is 0 Å². The molecule has 0 N–H and O–H groups in total. The maximum absolute atomic E-state index is 12.9. The molecule has 0 bridgehead atoms. The van der Waals surface area contributed by atoms with E-state index in [-0.39, 0.29) is 12.0 Å². The SMILES string of the molecule is CC(C)(C)OC(=O)N1CCN(C(=O)c2cccc(-c3ccccc3)c2)CC1. The molecule has 142 valence electrons. The summed E-state index contributed by atoms with van der Waals surface area (Å²) in [5.74, 6) is -0.00313. The van der Waals surface area contributed by atoms with Crippen LogP contribution in [0.2, 0.25) is 0 Å². The third kappa shape index (κ3) is 4.88. The van der Waals surface area contributed by atoms with Crippen molar-refractivity contribution in [3.63, 3.8) is 0 Å². The molecule has 2 amide bonds. The molecule has 5 heteroatoms. The van der Waals surface area contributed by atoms with Gasteiger partial charge in [0, 0.05) is 31.7 Å². The van der Waals surface area contributed by atoms with E-state index in [2.05, 4.69) is 0 Å². The Labute approximate surface area is 160 Å². The fourth-order valence-electron chi connectivity index (χ4n) is 3.06. The van der Waals surface area contributed by atoms with Crippen molar-refractivity contribution in [2.24, 2.45) is 0 Å². The summed E-state index contributed by atoms with van der Waals surface area (Å²) in [6.07, 6.45) is -0.319. The minimum atomic E-state index is -0.512. The van der Waals surface area contributed by atoms with E-state index in [0.717, 1.165) is 11.1 Å². The first kappa shape index (κ1) is 19.0. The predicted octanol–water partition coefficient (Wildman–Crippen LogP) is 4.05. The maximum Gasteiger partial charge on any atom is 0.410 e. The molecule has 5 nitrogen and oxygen atoms in total. The van der Waals surface area contributed by atoms with E-state index in [1.807, 2.05) is 75.4 Å². The molecule has 1 aliphatic rings. The average Bonchev–Trinajstić information content (AvgIpc) is 2.67. The van der Waals surface area contributed by atoms with E-state index in [1.54, 1.807) is 9.80 Å². The molecular weight excluding hydrogens is 340 g/mol. The van der Waals surface area contributed by atoms with Gasteiger partial charge in [0.15, 0.2) is 0 Å². The number of carbonyl (C=O) groups excluding carboxylic acids is 2. The Morgan fingerprint density at radius 3 is 2.04 bits per heavy atom. The molecule has 0 unspecified atom stereocenters. The second-order valence-corrected chi connectivity index (χ2v) is 7.71. The van der Waals surface area contributed by atoms with Crippen molar-refractivity contribution in [2.75, 3.05) is 26.2 Å². The lowest BCUT2D eigenvalue weighted by molar-refractivity contribution is 0.0141. The summed E-state index contributed by atoms with van der Waals surface area (Å²) in [4.78, 5) is 28.5. The Morgan fingerprint density at radius 1 is 0.815 bits per heavy atom. The van der Waals surface area contributed by atoms with Gasteiger partial charge in [-0.2, -0.15) is 0 Å². The van der Waals surface area contributed by atoms with Gasteiger partial charge < -0.3 is 14.5 Å². The van der Waals surface area contributed by atoms with Gasteiger partial charge >= 0.3 is 6.09 Å². The van der Waals surface area contributed by atoms with E-state index >= 15 is 0 Å². The van der Waals surface area contributed by atoms with Crippen LogP contribution in [0.4, 0.5) is 4.79 Å². The minimum absolute atomic E-state index is 0.00313. The first-order valence-corrected chi connectivity index (χ1v) is 9.26. The van der Waals surface area contributed by atoms with E-state index in [0.29, 0.717) is 31.7 Å². The zero-order valence-electron chi connectivity index (χ0n) is 16.1. The predicted molar refractivity (Wildman–Crippen MR) is 106 cm³/mol. The normalized spacial score (nSPS) is 14.8. The lowest BCUT2D eigenvalue weighted by atomic mass is 10.0. The van der Waals surface area contributed by atoms with Gasteiger partial charge in [0.1, 0.15) is 5.60 Å². The van der Waals surface area contributed by atoms with E-state index in [1.165, 1.54) is 0 Å². The summed E-state index contributed by atoms with van der Waals surface area (Å²) in [5, 5.41) is 0. The molecule has 1 heterocycles. The number of piperazine rings is 1. The third-order valence-corrected chi connectivity index (χ3v) is 4.44. The lowest BCUT2D eigenvalue weighted by Crippen LogP contribution is -2.51. The molecule has 0 aliphatic carbocycles. The number of ether oxygens (including phenoxy) is 1. The van der Waals surface area contributed by atoms with E-state index in [9.17, 15) is 9.59 Å². The molecule has 0 radical (unpaired) electrons. The van der Waals surface area contributed by atoms with Crippen LogP contribution in [0.3, 0.4) is 0 Å². The number of carbonyl (C=O) groups is 2. The number of hydrogen-bond acceptors (Lipinski definition) is 3. The Hall–Kier alpha value is -2.82. The molecule has 0 aromatic heterocycles. The van der Waals surface area contributed by atoms with Crippen LogP contribution in [0, 0.1) is 0 Å². The smallest absolute Gasteiger partial charge is 0.410 e. The Morgan fingerprint density at radius 2 is 1.41 bits per heavy atom. The number of hydrogen-bond donors (Lipinski definition) is 0. The lowest BCUT2D eigenvalue weighted by Gasteiger charge is -2.35. The van der Waals surface area contributed by atoms with Crippen LogP contribution in [0.15, 0.2) is 54.6 Å². The van der Waals surface area contributed by atoms with Crippen molar-refractivity contribution in [1.29, 1.82) is 0 Å². The fourth-order valence-corrected chi connectivity index (χ4v) is 3.06. The largest absolute Gasteiger partial charge is 0.444 e. The summed E-state index contributed by atoms with van der Waals surface area (Å²) >= 11 is 0. The molecule has 0 spiro atoms. The van der Waals surface area contributed by atoms with Gasteiger partial charge in [-0.1, -0.05) is 42.5 Å². The summed E-state index contributed by atoms with van der Waals surface area (Å²) in [6.45, 7) is 7.54. The first-order valence-electron chi connectivity index (χ1n) is 9.26. The molecule has 1 saturated heterocycles. The number of amides is 2. The minimum Gasteiger partial charge on any atom is -0.444 e. The van der Waals surface area contributed by atoms with Crippen molar-refractivity contribution < 1.29 is 14.3 Å². The van der Waals surface area contributed by atoms with Crippen molar-refractivity contribution >= 4 is 12.0 Å². The number of benzene rings is 2. The zero-order valence-corrected chi connectivity index (χ0v) is 16.1. The topological polar surface area (TPSA) is 49.9 Å². The van der Waals surface area contributed by atoms with Crippen molar-refractivity contribution in [1.82, 2.24) is 9.80 Å². The molecule has 1 aliphatic heterocycles. The summed E-state index contributed by atoms with van der Waals surface area (Å²) in [6, 6.07) is 17.7. The molecule has 27 heavy (non-hydrogen) atoms. The van der Waals surface area contributed by atoms with Crippen LogP contribution in [0.5, 0.6) is 0 Å². The zero-order chi connectivity index (χ0) is 19.4. The van der Waals surface area contributed by atoms with Crippen molar-refractivity contribution in [3.8, 4) is 11.1 Å². The van der Waals surface area contributed by atoms with Crippen LogP contribution >= 0.6 is 0 Å². The van der Waals surface area contributed by atoms with Gasteiger partial charge in [-0.3, -0.25) is 4.79 Å². The number of rotatable bonds is 2. The van der Waals surface area contributed by atoms with Gasteiger partial charge in [0.2, 0.25) is 0 Å². The van der Waals surface area contributed by atoms with Gasteiger partial charge in [0.05, 0.1) is 0 Å². The summed E-state index contributed by atoms with van der Waals surface area (Å²) in [7, 11) is 0. The monoisotopic (exact) mass is 366 g/mol. The fraction of sp³-hybridized carbons (Fsp3) is 0.364. The third-order valence-electron chi connectivity index (χ3n) is 4.44. The van der Waals surface area contributed by atoms with Gasteiger partial charge in [0.25, 0.3) is 5.91 Å². The van der Waals surface area contributed by atoms with Gasteiger partial charge in [-0.05, 0) is 44.0 Å². The number of nitrogens with zero attached hydrogens (tertiary/aromatic N) is 2. The van der Waals surface area contributed by atoms with Crippen LogP contribution in [-0.2, 0) is 4.74 Å². The molecule has 2 aromatic carbocycles. The quantitative estimate of drug-likeness (QED) is 0.806. The average molecular weight is 366 g/mol. The molecule has 1 fully saturated rings. The van der Waals surface area contributed by atoms with Crippen molar-refractivity contribution in [2.45, 2.75) is 26.4 Å². The highest BCUT2D eigenvalue weighted by molar-refractivity contribution is 5.95.